The lowest BCUT2D eigenvalue weighted by Gasteiger charge is -2.09. The van der Waals surface area contributed by atoms with Crippen LogP contribution in [0.4, 0.5) is 0 Å². The first-order valence-electron chi connectivity index (χ1n) is 7.18. The van der Waals surface area contributed by atoms with Gasteiger partial charge in [-0.25, -0.2) is 9.78 Å². The molecule has 0 atom stereocenters. The Morgan fingerprint density at radius 2 is 2.26 bits per heavy atom. The van der Waals surface area contributed by atoms with Crippen molar-refractivity contribution in [1.82, 2.24) is 9.38 Å². The van der Waals surface area contributed by atoms with E-state index < -0.39 is 5.97 Å². The maximum absolute atomic E-state index is 11.5. The van der Waals surface area contributed by atoms with E-state index >= 15 is 0 Å². The lowest BCUT2D eigenvalue weighted by atomic mass is 10.0. The smallest absolute Gasteiger partial charge is 0.355 e. The summed E-state index contributed by atoms with van der Waals surface area (Å²) < 4.78 is 6.98. The number of imidazole rings is 1. The van der Waals surface area contributed by atoms with Gasteiger partial charge in [0.05, 0.1) is 12.8 Å². The average Bonchev–Trinajstić information content (AvgIpc) is 3.12. The summed E-state index contributed by atoms with van der Waals surface area (Å²) in [6.07, 6.45) is 6.18. The number of fused-ring (bicyclic) bond motifs is 1. The second-order valence-electron chi connectivity index (χ2n) is 4.92. The molecule has 0 bridgehead atoms. The molecule has 3 rings (SSSR count). The highest BCUT2D eigenvalue weighted by Gasteiger charge is 2.17. The fraction of sp³-hybridized carbons (Fsp3) is 0.176. The minimum atomic E-state index is -0.989. The number of carboxylic acids is 1. The molecule has 2 heterocycles. The number of hydrogen-bond acceptors (Lipinski definition) is 4. The van der Waals surface area contributed by atoms with Crippen molar-refractivity contribution in [3.05, 3.63) is 52.3 Å². The summed E-state index contributed by atoms with van der Waals surface area (Å²) in [4.78, 5) is 16.6. The Morgan fingerprint density at radius 3 is 2.96 bits per heavy atom. The molecule has 23 heavy (non-hydrogen) atoms. The summed E-state index contributed by atoms with van der Waals surface area (Å²) in [5.41, 5.74) is 2.72. The van der Waals surface area contributed by atoms with E-state index in [4.69, 9.17) is 4.74 Å². The third kappa shape index (κ3) is 2.73. The topological polar surface area (TPSA) is 63.8 Å². The predicted octanol–water partition coefficient (Wildman–Crippen LogP) is 3.84. The van der Waals surface area contributed by atoms with Gasteiger partial charge in [-0.15, -0.1) is 11.3 Å². The van der Waals surface area contributed by atoms with E-state index in [2.05, 4.69) is 11.9 Å². The highest BCUT2D eigenvalue weighted by Crippen LogP contribution is 2.25. The zero-order chi connectivity index (χ0) is 16.4. The van der Waals surface area contributed by atoms with E-state index in [0.29, 0.717) is 10.7 Å². The molecule has 0 amide bonds. The van der Waals surface area contributed by atoms with Crippen molar-refractivity contribution < 1.29 is 14.6 Å². The highest BCUT2D eigenvalue weighted by molar-refractivity contribution is 7.15. The highest BCUT2D eigenvalue weighted by atomic mass is 32.1. The second-order valence-corrected chi connectivity index (χ2v) is 5.79. The van der Waals surface area contributed by atoms with E-state index in [9.17, 15) is 9.90 Å². The zero-order valence-corrected chi connectivity index (χ0v) is 13.6. The lowest BCUT2D eigenvalue weighted by Crippen LogP contribution is -2.02. The molecule has 0 spiro atoms. The van der Waals surface area contributed by atoms with Crippen molar-refractivity contribution in [3.63, 3.8) is 0 Å². The molecule has 0 radical (unpaired) electrons. The van der Waals surface area contributed by atoms with Crippen LogP contribution in [0.5, 0.6) is 5.75 Å². The Kier molecular flexibility index (Phi) is 4.16. The zero-order valence-electron chi connectivity index (χ0n) is 12.8. The lowest BCUT2D eigenvalue weighted by molar-refractivity contribution is 0.0689. The van der Waals surface area contributed by atoms with Gasteiger partial charge in [0.2, 0.25) is 0 Å². The van der Waals surface area contributed by atoms with Crippen LogP contribution >= 0.6 is 11.3 Å². The molecule has 2 aromatic heterocycles. The molecule has 1 aromatic carbocycles. The molecule has 0 fully saturated rings. The molecular weight excluding hydrogens is 312 g/mol. The molecule has 0 unspecified atom stereocenters. The summed E-state index contributed by atoms with van der Waals surface area (Å²) in [6.45, 7) is 2.06. The largest absolute Gasteiger partial charge is 0.496 e. The number of ether oxygens (including phenoxy) is 1. The number of carboxylic acid groups (broad SMARTS) is 1. The Hall–Kier alpha value is -2.60. The van der Waals surface area contributed by atoms with Gasteiger partial charge in [-0.1, -0.05) is 25.1 Å². The van der Waals surface area contributed by atoms with E-state index in [1.54, 1.807) is 23.8 Å². The van der Waals surface area contributed by atoms with Crippen molar-refractivity contribution >= 4 is 34.4 Å². The van der Waals surface area contributed by atoms with E-state index in [1.807, 2.05) is 29.7 Å². The first-order valence-corrected chi connectivity index (χ1v) is 8.06. The minimum Gasteiger partial charge on any atom is -0.496 e. The van der Waals surface area contributed by atoms with Crippen molar-refractivity contribution in [2.75, 3.05) is 7.11 Å². The molecule has 0 saturated heterocycles. The Labute approximate surface area is 137 Å². The van der Waals surface area contributed by atoms with Crippen LogP contribution in [0.25, 0.3) is 17.1 Å². The van der Waals surface area contributed by atoms with Gasteiger partial charge in [0, 0.05) is 17.1 Å². The van der Waals surface area contributed by atoms with Crippen molar-refractivity contribution in [2.24, 2.45) is 0 Å². The Bertz CT molecular complexity index is 893. The van der Waals surface area contributed by atoms with Crippen LogP contribution < -0.4 is 4.74 Å². The molecule has 6 heteroatoms. The van der Waals surface area contributed by atoms with Gasteiger partial charge in [-0.3, -0.25) is 4.40 Å². The van der Waals surface area contributed by atoms with Crippen LogP contribution in [0.15, 0.2) is 29.8 Å². The fourth-order valence-corrected chi connectivity index (χ4v) is 3.33. The second kappa shape index (κ2) is 6.26. The number of rotatable bonds is 5. The molecule has 0 aliphatic carbocycles. The van der Waals surface area contributed by atoms with Crippen LogP contribution in [0.3, 0.4) is 0 Å². The number of hydrogen-bond donors (Lipinski definition) is 1. The summed E-state index contributed by atoms with van der Waals surface area (Å²) in [5, 5.41) is 11.3. The molecular formula is C17H16N2O3S. The Balaban J connectivity index is 2.06. The molecule has 0 aliphatic rings. The third-order valence-electron chi connectivity index (χ3n) is 3.66. The van der Waals surface area contributed by atoms with Crippen molar-refractivity contribution in [2.45, 2.75) is 13.3 Å². The number of methoxy groups -OCH3 is 1. The average molecular weight is 328 g/mol. The van der Waals surface area contributed by atoms with Gasteiger partial charge in [0.15, 0.2) is 10.7 Å². The van der Waals surface area contributed by atoms with Gasteiger partial charge < -0.3 is 9.84 Å². The summed E-state index contributed by atoms with van der Waals surface area (Å²) in [6, 6.07) is 5.82. The van der Waals surface area contributed by atoms with Crippen LogP contribution in [0.1, 0.15) is 34.2 Å². The number of thiazole rings is 1. The third-order valence-corrected chi connectivity index (χ3v) is 4.41. The molecule has 3 aromatic rings. The van der Waals surface area contributed by atoms with Crippen molar-refractivity contribution in [3.8, 4) is 5.75 Å². The maximum Gasteiger partial charge on any atom is 0.355 e. The number of nitrogens with zero attached hydrogens (tertiary/aromatic N) is 2. The van der Waals surface area contributed by atoms with E-state index in [0.717, 1.165) is 23.3 Å². The standard InChI is InChI=1S/C17H16N2O3S/c1-3-12-11(5-4-6-14(12)22-2)7-8-13-15(16(20)21)19-9-10-23-17(19)18-13/h4-10H,3H2,1-2H3,(H,20,21). The summed E-state index contributed by atoms with van der Waals surface area (Å²) in [7, 11) is 1.65. The van der Waals surface area contributed by atoms with E-state index in [1.165, 1.54) is 11.3 Å². The van der Waals surface area contributed by atoms with E-state index in [-0.39, 0.29) is 5.69 Å². The maximum atomic E-state index is 11.5. The molecule has 5 nitrogen and oxygen atoms in total. The van der Waals surface area contributed by atoms with Gasteiger partial charge in [-0.2, -0.15) is 0 Å². The first-order chi connectivity index (χ1) is 11.2. The minimum absolute atomic E-state index is 0.179. The van der Waals surface area contributed by atoms with Gasteiger partial charge in [0.1, 0.15) is 5.75 Å². The fourth-order valence-electron chi connectivity index (χ4n) is 2.61. The van der Waals surface area contributed by atoms with Gasteiger partial charge in [0.25, 0.3) is 0 Å². The summed E-state index contributed by atoms with van der Waals surface area (Å²) in [5.74, 6) is -0.157. The van der Waals surface area contributed by atoms with Gasteiger partial charge >= 0.3 is 5.97 Å². The molecule has 0 aliphatic heterocycles. The number of aromatic carboxylic acids is 1. The molecule has 1 N–H and O–H groups in total. The molecule has 118 valence electrons. The van der Waals surface area contributed by atoms with Crippen LogP contribution in [0, 0.1) is 0 Å². The monoisotopic (exact) mass is 328 g/mol. The normalized spacial score (nSPS) is 11.4. The number of aromatic nitrogens is 2. The summed E-state index contributed by atoms with van der Waals surface area (Å²) >= 11 is 1.41. The quantitative estimate of drug-likeness (QED) is 0.773. The number of carbonyl (C=O) groups is 1. The first kappa shape index (κ1) is 15.3. The SMILES string of the molecule is CCc1c(C=Cc2nc3sccn3c2C(=O)O)cccc1OC. The number of benzene rings is 1. The van der Waals surface area contributed by atoms with Gasteiger partial charge in [-0.05, 0) is 24.1 Å². The predicted molar refractivity (Wildman–Crippen MR) is 91.3 cm³/mol. The van der Waals surface area contributed by atoms with Crippen molar-refractivity contribution in [1.29, 1.82) is 0 Å². The Morgan fingerprint density at radius 1 is 1.43 bits per heavy atom. The van der Waals surface area contributed by atoms with Crippen LogP contribution in [-0.4, -0.2) is 27.6 Å². The molecule has 0 saturated carbocycles. The van der Waals surface area contributed by atoms with Crippen LogP contribution in [0.2, 0.25) is 0 Å². The van der Waals surface area contributed by atoms with Crippen LogP contribution in [-0.2, 0) is 6.42 Å².